The van der Waals surface area contributed by atoms with Crippen LogP contribution in [0.25, 0.3) is 0 Å². The summed E-state index contributed by atoms with van der Waals surface area (Å²) in [6, 6.07) is 15.6. The number of rotatable bonds is 6. The van der Waals surface area contributed by atoms with Crippen molar-refractivity contribution in [2.45, 2.75) is 4.34 Å². The lowest BCUT2D eigenvalue weighted by molar-refractivity contribution is 0.101. The lowest BCUT2D eigenvalue weighted by Crippen LogP contribution is -2.04. The van der Waals surface area contributed by atoms with Crippen molar-refractivity contribution in [3.63, 3.8) is 0 Å². The van der Waals surface area contributed by atoms with E-state index >= 15 is 0 Å². The van der Waals surface area contributed by atoms with Gasteiger partial charge in [0, 0.05) is 5.69 Å². The first-order valence-corrected chi connectivity index (χ1v) is 8.59. The van der Waals surface area contributed by atoms with Gasteiger partial charge in [0.2, 0.25) is 5.13 Å². The van der Waals surface area contributed by atoms with Crippen molar-refractivity contribution < 1.29 is 9.18 Å². The Bertz CT molecular complexity index is 808. The molecule has 0 aliphatic heterocycles. The van der Waals surface area contributed by atoms with Crippen LogP contribution in [0.3, 0.4) is 0 Å². The minimum absolute atomic E-state index is 0.104. The van der Waals surface area contributed by atoms with Crippen LogP contribution in [-0.4, -0.2) is 21.7 Å². The van der Waals surface area contributed by atoms with Crippen LogP contribution in [0.1, 0.15) is 10.4 Å². The third-order valence-corrected chi connectivity index (χ3v) is 4.90. The number of hydrogen-bond donors (Lipinski definition) is 1. The van der Waals surface area contributed by atoms with Gasteiger partial charge in [-0.15, -0.1) is 10.2 Å². The Balaban J connectivity index is 1.59. The number of para-hydroxylation sites is 1. The number of halogens is 1. The molecule has 3 aromatic rings. The van der Waals surface area contributed by atoms with Gasteiger partial charge in [0.05, 0.1) is 11.3 Å². The van der Waals surface area contributed by atoms with Crippen LogP contribution in [-0.2, 0) is 0 Å². The van der Waals surface area contributed by atoms with Gasteiger partial charge in [-0.2, -0.15) is 0 Å². The molecule has 0 saturated heterocycles. The van der Waals surface area contributed by atoms with Gasteiger partial charge >= 0.3 is 0 Å². The van der Waals surface area contributed by atoms with Gasteiger partial charge in [-0.05, 0) is 24.3 Å². The number of hydrogen-bond acceptors (Lipinski definition) is 6. The summed E-state index contributed by atoms with van der Waals surface area (Å²) >= 11 is 2.60. The SMILES string of the molecule is O=C(CSc1nnc(Nc2ccccc2)s1)c1ccccc1F. The molecule has 7 heteroatoms. The number of carbonyl (C=O) groups excluding carboxylic acids is 1. The molecule has 2 aromatic carbocycles. The van der Waals surface area contributed by atoms with E-state index < -0.39 is 5.82 Å². The Kier molecular flexibility index (Phi) is 4.99. The predicted octanol–water partition coefficient (Wildman–Crippen LogP) is 4.40. The molecule has 0 spiro atoms. The number of aromatic nitrogens is 2. The molecule has 0 unspecified atom stereocenters. The van der Waals surface area contributed by atoms with E-state index in [1.807, 2.05) is 30.3 Å². The zero-order valence-electron chi connectivity index (χ0n) is 11.9. The van der Waals surface area contributed by atoms with Gasteiger partial charge in [0.25, 0.3) is 0 Å². The van der Waals surface area contributed by atoms with Crippen molar-refractivity contribution in [1.29, 1.82) is 0 Å². The third-order valence-electron chi connectivity index (χ3n) is 2.93. The largest absolute Gasteiger partial charge is 0.330 e. The molecule has 0 fully saturated rings. The molecular formula is C16H12FN3OS2. The first-order chi connectivity index (χ1) is 11.2. The predicted molar refractivity (Wildman–Crippen MR) is 91.1 cm³/mol. The molecule has 0 atom stereocenters. The molecule has 1 aromatic heterocycles. The highest BCUT2D eigenvalue weighted by atomic mass is 32.2. The van der Waals surface area contributed by atoms with E-state index in [9.17, 15) is 9.18 Å². The van der Waals surface area contributed by atoms with E-state index in [1.54, 1.807) is 12.1 Å². The molecule has 23 heavy (non-hydrogen) atoms. The maximum Gasteiger partial charge on any atom is 0.210 e. The van der Waals surface area contributed by atoms with E-state index in [1.165, 1.54) is 35.2 Å². The number of Topliss-reactive ketones (excluding diaryl/α,β-unsaturated/α-hetero) is 1. The topological polar surface area (TPSA) is 54.9 Å². The van der Waals surface area contributed by atoms with E-state index in [4.69, 9.17) is 0 Å². The molecule has 0 bridgehead atoms. The molecular weight excluding hydrogens is 333 g/mol. The fraction of sp³-hybridized carbons (Fsp3) is 0.0625. The number of benzene rings is 2. The molecule has 1 heterocycles. The number of carbonyl (C=O) groups is 1. The van der Waals surface area contributed by atoms with Crippen molar-refractivity contribution >= 4 is 39.7 Å². The minimum atomic E-state index is -0.498. The Morgan fingerprint density at radius 1 is 1.09 bits per heavy atom. The first kappa shape index (κ1) is 15.6. The van der Waals surface area contributed by atoms with Crippen LogP contribution in [0.15, 0.2) is 58.9 Å². The van der Waals surface area contributed by atoms with Crippen LogP contribution in [0.5, 0.6) is 0 Å². The molecule has 1 N–H and O–H groups in total. The Hall–Kier alpha value is -2.25. The van der Waals surface area contributed by atoms with E-state index in [0.29, 0.717) is 9.47 Å². The smallest absolute Gasteiger partial charge is 0.210 e. The molecule has 0 radical (unpaired) electrons. The van der Waals surface area contributed by atoms with Crippen molar-refractivity contribution in [2.75, 3.05) is 11.1 Å². The Morgan fingerprint density at radius 2 is 1.83 bits per heavy atom. The van der Waals surface area contributed by atoms with Crippen LogP contribution in [0, 0.1) is 5.82 Å². The van der Waals surface area contributed by atoms with Crippen molar-refractivity contribution in [2.24, 2.45) is 0 Å². The van der Waals surface area contributed by atoms with Crippen molar-refractivity contribution in [1.82, 2.24) is 10.2 Å². The fourth-order valence-electron chi connectivity index (χ4n) is 1.86. The number of nitrogens with zero attached hydrogens (tertiary/aromatic N) is 2. The quantitative estimate of drug-likeness (QED) is 0.530. The van der Waals surface area contributed by atoms with Gasteiger partial charge < -0.3 is 5.32 Å². The summed E-state index contributed by atoms with van der Waals surface area (Å²) in [6.07, 6.45) is 0. The second-order valence-corrected chi connectivity index (χ2v) is 6.76. The highest BCUT2D eigenvalue weighted by molar-refractivity contribution is 8.01. The summed E-state index contributed by atoms with van der Waals surface area (Å²) in [5.41, 5.74) is 1.02. The first-order valence-electron chi connectivity index (χ1n) is 6.78. The summed E-state index contributed by atoms with van der Waals surface area (Å²) in [4.78, 5) is 12.0. The lowest BCUT2D eigenvalue weighted by Gasteiger charge is -2.00. The van der Waals surface area contributed by atoms with Gasteiger partial charge in [-0.3, -0.25) is 4.79 Å². The van der Waals surface area contributed by atoms with Crippen LogP contribution >= 0.6 is 23.1 Å². The van der Waals surface area contributed by atoms with Crippen LogP contribution < -0.4 is 5.32 Å². The maximum absolute atomic E-state index is 13.5. The molecule has 0 aliphatic rings. The molecule has 0 amide bonds. The van der Waals surface area contributed by atoms with E-state index in [0.717, 1.165) is 5.69 Å². The number of anilines is 2. The number of ketones is 1. The lowest BCUT2D eigenvalue weighted by atomic mass is 10.1. The molecule has 116 valence electrons. The number of nitrogens with one attached hydrogen (secondary N) is 1. The summed E-state index contributed by atoms with van der Waals surface area (Å²) in [5, 5.41) is 11.8. The zero-order valence-corrected chi connectivity index (χ0v) is 13.5. The number of thioether (sulfide) groups is 1. The molecule has 0 saturated carbocycles. The second kappa shape index (κ2) is 7.34. The van der Waals surface area contributed by atoms with Gasteiger partial charge in [-0.25, -0.2) is 4.39 Å². The Labute approximate surface area is 140 Å². The highest BCUT2D eigenvalue weighted by Gasteiger charge is 2.13. The normalized spacial score (nSPS) is 10.5. The van der Waals surface area contributed by atoms with Crippen LogP contribution in [0.2, 0.25) is 0 Å². The summed E-state index contributed by atoms with van der Waals surface area (Å²) in [5.74, 6) is -0.636. The zero-order chi connectivity index (χ0) is 16.1. The molecule has 3 rings (SSSR count). The van der Waals surface area contributed by atoms with E-state index in [-0.39, 0.29) is 17.1 Å². The summed E-state index contributed by atoms with van der Waals surface area (Å²) in [6.45, 7) is 0. The maximum atomic E-state index is 13.5. The fourth-order valence-corrected chi connectivity index (χ4v) is 3.51. The molecule has 0 aliphatic carbocycles. The van der Waals surface area contributed by atoms with Gasteiger partial charge in [-0.1, -0.05) is 53.4 Å². The highest BCUT2D eigenvalue weighted by Crippen LogP contribution is 2.28. The van der Waals surface area contributed by atoms with Gasteiger partial charge in [0.15, 0.2) is 10.1 Å². The average Bonchev–Trinajstić information content (AvgIpc) is 3.01. The summed E-state index contributed by atoms with van der Waals surface area (Å²) in [7, 11) is 0. The van der Waals surface area contributed by atoms with Crippen molar-refractivity contribution in [3.8, 4) is 0 Å². The van der Waals surface area contributed by atoms with E-state index in [2.05, 4.69) is 15.5 Å². The summed E-state index contributed by atoms with van der Waals surface area (Å²) < 4.78 is 14.2. The monoisotopic (exact) mass is 345 g/mol. The standard InChI is InChI=1S/C16H12FN3OS2/c17-13-9-5-4-8-12(13)14(21)10-22-16-20-19-15(23-16)18-11-6-2-1-3-7-11/h1-9H,10H2,(H,18,19). The van der Waals surface area contributed by atoms with Gasteiger partial charge in [0.1, 0.15) is 5.82 Å². The minimum Gasteiger partial charge on any atom is -0.330 e. The van der Waals surface area contributed by atoms with Crippen LogP contribution in [0.4, 0.5) is 15.2 Å². The second-order valence-electron chi connectivity index (χ2n) is 4.56. The molecule has 4 nitrogen and oxygen atoms in total. The Morgan fingerprint density at radius 3 is 2.61 bits per heavy atom. The third kappa shape index (κ3) is 4.14. The van der Waals surface area contributed by atoms with Crippen molar-refractivity contribution in [3.05, 3.63) is 66.0 Å². The average molecular weight is 345 g/mol.